The molecule has 73 heavy (non-hydrogen) atoms. The number of fused-ring (bicyclic) bond motifs is 15. The van der Waals surface area contributed by atoms with Crippen molar-refractivity contribution in [2.24, 2.45) is 0 Å². The van der Waals surface area contributed by atoms with Crippen molar-refractivity contribution in [3.63, 3.8) is 0 Å². The van der Waals surface area contributed by atoms with Crippen LogP contribution in [0.25, 0.3) is 88.3 Å². The zero-order valence-electron chi connectivity index (χ0n) is 40.8. The topological polar surface area (TPSA) is 3.24 Å². The van der Waals surface area contributed by atoms with Crippen molar-refractivity contribution < 1.29 is 0 Å². The smallest absolute Gasteiger partial charge is 0.0725 e. The molecule has 0 bridgehead atoms. The molecule has 1 nitrogen and oxygen atoms in total. The molecule has 0 aliphatic heterocycles. The average Bonchev–Trinajstić information content (AvgIpc) is 4.01. The van der Waals surface area contributed by atoms with E-state index in [-0.39, 0.29) is 5.41 Å². The molecule has 12 aromatic rings. The Kier molecular flexibility index (Phi) is 8.99. The maximum Gasteiger partial charge on any atom is 0.0725 e. The Morgan fingerprint density at radius 2 is 0.685 bits per heavy atom. The Morgan fingerprint density at radius 3 is 1.38 bits per heavy atom. The van der Waals surface area contributed by atoms with Gasteiger partial charge in [-0.05, 0) is 170 Å². The Balaban J connectivity index is 0.861. The van der Waals surface area contributed by atoms with Crippen molar-refractivity contribution in [2.75, 3.05) is 4.90 Å². The van der Waals surface area contributed by atoms with E-state index in [1.165, 1.54) is 122 Å². The van der Waals surface area contributed by atoms with Gasteiger partial charge >= 0.3 is 0 Å². The van der Waals surface area contributed by atoms with Gasteiger partial charge in [0.1, 0.15) is 0 Å². The molecule has 0 fully saturated rings. The third kappa shape index (κ3) is 6.09. The summed E-state index contributed by atoms with van der Waals surface area (Å²) in [5, 5.41) is 5.06. The summed E-state index contributed by atoms with van der Waals surface area (Å²) in [5.74, 6) is 0. The molecule has 0 aromatic heterocycles. The molecule has 1 heteroatoms. The molecule has 0 saturated carbocycles. The first-order valence-electron chi connectivity index (χ1n) is 25.6. The standard InChI is InChI=1S/C72H49N/c1-71(2)69-43-53(58-22-13-17-50-15-5-6-18-57(50)58)34-39-62(69)63-40-37-56(45-70(63)71)73(54-35-32-48(33-36-54)47-26-28-49(29-27-47)52-31-30-46-14-3-4-16-51(46)42-52)55-38-41-68-64(44-55)61-21-9-12-25-67(61)72(68)65-23-10-7-19-59(65)60-20-8-11-24-66(60)72/h3-45H,1-2H3. The first-order chi connectivity index (χ1) is 35.9. The molecule has 0 saturated heterocycles. The lowest BCUT2D eigenvalue weighted by Gasteiger charge is -2.31. The average molecular weight is 928 g/mol. The minimum absolute atomic E-state index is 0.234. The molecular weight excluding hydrogens is 879 g/mol. The van der Waals surface area contributed by atoms with Gasteiger partial charge in [0.2, 0.25) is 0 Å². The summed E-state index contributed by atoms with van der Waals surface area (Å²) in [4.78, 5) is 2.48. The molecule has 15 rings (SSSR count). The number of rotatable bonds is 6. The Bertz CT molecular complexity index is 4180. The molecule has 12 aromatic carbocycles. The van der Waals surface area contributed by atoms with E-state index in [2.05, 4.69) is 280 Å². The van der Waals surface area contributed by atoms with E-state index in [1.807, 2.05) is 0 Å². The van der Waals surface area contributed by atoms with E-state index in [9.17, 15) is 0 Å². The lowest BCUT2D eigenvalue weighted by atomic mass is 9.70. The molecule has 0 amide bonds. The molecule has 0 radical (unpaired) electrons. The van der Waals surface area contributed by atoms with Gasteiger partial charge in [0, 0.05) is 22.5 Å². The maximum absolute atomic E-state index is 2.48. The lowest BCUT2D eigenvalue weighted by molar-refractivity contribution is 0.660. The fourth-order valence-corrected chi connectivity index (χ4v) is 13.2. The van der Waals surface area contributed by atoms with Gasteiger partial charge in [-0.25, -0.2) is 0 Å². The molecular formula is C72H49N. The fraction of sp³-hybridized carbons (Fsp3) is 0.0556. The Morgan fingerprint density at radius 1 is 0.247 bits per heavy atom. The summed E-state index contributed by atoms with van der Waals surface area (Å²) < 4.78 is 0. The minimum Gasteiger partial charge on any atom is -0.310 e. The summed E-state index contributed by atoms with van der Waals surface area (Å²) >= 11 is 0. The van der Waals surface area contributed by atoms with E-state index in [4.69, 9.17) is 0 Å². The van der Waals surface area contributed by atoms with Gasteiger partial charge in [-0.2, -0.15) is 0 Å². The quantitative estimate of drug-likeness (QED) is 0.161. The number of hydrogen-bond acceptors (Lipinski definition) is 1. The lowest BCUT2D eigenvalue weighted by Crippen LogP contribution is -2.25. The maximum atomic E-state index is 2.48. The first-order valence-corrected chi connectivity index (χ1v) is 25.6. The van der Waals surface area contributed by atoms with Crippen LogP contribution in [0.5, 0.6) is 0 Å². The van der Waals surface area contributed by atoms with Crippen molar-refractivity contribution in [1.29, 1.82) is 0 Å². The van der Waals surface area contributed by atoms with Gasteiger partial charge in [-0.15, -0.1) is 0 Å². The normalized spacial score (nSPS) is 13.8. The van der Waals surface area contributed by atoms with Gasteiger partial charge < -0.3 is 4.90 Å². The van der Waals surface area contributed by atoms with Crippen molar-refractivity contribution in [3.05, 3.63) is 294 Å². The molecule has 3 aliphatic rings. The highest BCUT2D eigenvalue weighted by Gasteiger charge is 2.51. The number of anilines is 3. The van der Waals surface area contributed by atoms with Crippen molar-refractivity contribution >= 4 is 38.6 Å². The first kappa shape index (κ1) is 41.7. The van der Waals surface area contributed by atoms with Gasteiger partial charge in [0.25, 0.3) is 0 Å². The Hall–Kier alpha value is -9.04. The van der Waals surface area contributed by atoms with E-state index in [0.717, 1.165) is 17.1 Å². The van der Waals surface area contributed by atoms with E-state index in [1.54, 1.807) is 0 Å². The fourth-order valence-electron chi connectivity index (χ4n) is 13.2. The second-order valence-electron chi connectivity index (χ2n) is 20.8. The van der Waals surface area contributed by atoms with Crippen LogP contribution in [0.2, 0.25) is 0 Å². The summed E-state index contributed by atoms with van der Waals surface area (Å²) in [6, 6.07) is 97.8. The van der Waals surface area contributed by atoms with E-state index < -0.39 is 5.41 Å². The van der Waals surface area contributed by atoms with E-state index in [0.29, 0.717) is 0 Å². The zero-order chi connectivity index (χ0) is 48.4. The number of benzene rings is 12. The third-order valence-corrected chi connectivity index (χ3v) is 16.7. The van der Waals surface area contributed by atoms with Crippen molar-refractivity contribution in [3.8, 4) is 66.8 Å². The summed E-state index contributed by atoms with van der Waals surface area (Å²) in [6.45, 7) is 4.81. The predicted molar refractivity (Wildman–Crippen MR) is 306 cm³/mol. The van der Waals surface area contributed by atoms with Crippen molar-refractivity contribution in [1.82, 2.24) is 0 Å². The predicted octanol–water partition coefficient (Wildman–Crippen LogP) is 19.1. The van der Waals surface area contributed by atoms with Gasteiger partial charge in [-0.1, -0.05) is 226 Å². The molecule has 0 heterocycles. The second kappa shape index (κ2) is 15.7. The van der Waals surface area contributed by atoms with Gasteiger partial charge in [0.05, 0.1) is 5.41 Å². The zero-order valence-corrected chi connectivity index (χ0v) is 40.8. The van der Waals surface area contributed by atoms with Crippen LogP contribution in [0.15, 0.2) is 261 Å². The molecule has 342 valence electrons. The molecule has 0 atom stereocenters. The van der Waals surface area contributed by atoms with Crippen LogP contribution >= 0.6 is 0 Å². The largest absolute Gasteiger partial charge is 0.310 e. The summed E-state index contributed by atoms with van der Waals surface area (Å²) in [5.41, 5.74) is 26.0. The minimum atomic E-state index is -0.401. The Labute approximate surface area is 427 Å². The van der Waals surface area contributed by atoms with Crippen LogP contribution in [-0.2, 0) is 10.8 Å². The highest BCUT2D eigenvalue weighted by atomic mass is 15.1. The molecule has 0 N–H and O–H groups in total. The van der Waals surface area contributed by atoms with Crippen LogP contribution < -0.4 is 4.90 Å². The highest BCUT2D eigenvalue weighted by Crippen LogP contribution is 2.63. The van der Waals surface area contributed by atoms with Crippen LogP contribution in [0.4, 0.5) is 17.1 Å². The third-order valence-electron chi connectivity index (χ3n) is 16.7. The molecule has 1 spiro atoms. The molecule has 3 aliphatic carbocycles. The molecule has 0 unspecified atom stereocenters. The van der Waals surface area contributed by atoms with Gasteiger partial charge in [0.15, 0.2) is 0 Å². The van der Waals surface area contributed by atoms with Crippen LogP contribution in [0.3, 0.4) is 0 Å². The van der Waals surface area contributed by atoms with E-state index >= 15 is 0 Å². The second-order valence-corrected chi connectivity index (χ2v) is 20.8. The van der Waals surface area contributed by atoms with Crippen LogP contribution in [0, 0.1) is 0 Å². The van der Waals surface area contributed by atoms with Gasteiger partial charge in [-0.3, -0.25) is 0 Å². The monoisotopic (exact) mass is 927 g/mol. The van der Waals surface area contributed by atoms with Crippen molar-refractivity contribution in [2.45, 2.75) is 24.7 Å². The van der Waals surface area contributed by atoms with Crippen LogP contribution in [0.1, 0.15) is 47.2 Å². The number of nitrogens with zero attached hydrogens (tertiary/aromatic N) is 1. The SMILES string of the molecule is CC1(C)c2cc(-c3cccc4ccccc34)ccc2-c2ccc(N(c3ccc(-c4ccc(-c5ccc6ccccc6c5)cc4)cc3)c3ccc4c(c3)-c3ccccc3C43c4ccccc4-c4ccccc43)cc21. The highest BCUT2D eigenvalue weighted by molar-refractivity contribution is 5.99. The summed E-state index contributed by atoms with van der Waals surface area (Å²) in [7, 11) is 0. The number of hydrogen-bond donors (Lipinski definition) is 0. The summed E-state index contributed by atoms with van der Waals surface area (Å²) in [6.07, 6.45) is 0. The van der Waals surface area contributed by atoms with Crippen LogP contribution in [-0.4, -0.2) is 0 Å².